The van der Waals surface area contributed by atoms with Crippen molar-refractivity contribution >= 4 is 11.6 Å². The third-order valence-electron chi connectivity index (χ3n) is 2.89. The lowest BCUT2D eigenvalue weighted by Gasteiger charge is -2.13. The average molecular weight is 279 g/mol. The van der Waals surface area contributed by atoms with Gasteiger partial charge in [-0.1, -0.05) is 36.7 Å². The van der Waals surface area contributed by atoms with Gasteiger partial charge in [-0.3, -0.25) is 9.36 Å². The van der Waals surface area contributed by atoms with Gasteiger partial charge in [-0.15, -0.1) is 0 Å². The Labute approximate surface area is 116 Å². The molecule has 0 bridgehead atoms. The van der Waals surface area contributed by atoms with Gasteiger partial charge in [0.05, 0.1) is 13.7 Å². The molecule has 0 saturated carbocycles. The molecule has 100 valence electrons. The van der Waals surface area contributed by atoms with Gasteiger partial charge in [0.1, 0.15) is 16.7 Å². The number of para-hydroxylation sites is 1. The van der Waals surface area contributed by atoms with Crippen molar-refractivity contribution in [2.45, 2.75) is 19.9 Å². The molecule has 0 amide bonds. The Bertz CT molecular complexity index is 638. The van der Waals surface area contributed by atoms with Crippen molar-refractivity contribution < 1.29 is 4.74 Å². The quantitative estimate of drug-likeness (QED) is 0.807. The summed E-state index contributed by atoms with van der Waals surface area (Å²) >= 11 is 5.81. The zero-order valence-electron chi connectivity index (χ0n) is 10.9. The molecule has 0 unspecified atom stereocenters. The summed E-state index contributed by atoms with van der Waals surface area (Å²) in [6, 6.07) is 8.94. The lowest BCUT2D eigenvalue weighted by atomic mass is 10.2. The van der Waals surface area contributed by atoms with Crippen LogP contribution in [0.5, 0.6) is 5.75 Å². The minimum absolute atomic E-state index is 0.150. The van der Waals surface area contributed by atoms with Crippen LogP contribution in [0.3, 0.4) is 0 Å². The van der Waals surface area contributed by atoms with Crippen LogP contribution in [0, 0.1) is 0 Å². The molecule has 0 fully saturated rings. The van der Waals surface area contributed by atoms with Crippen LogP contribution in [0.15, 0.2) is 35.1 Å². The topological polar surface area (TPSA) is 44.1 Å². The number of benzene rings is 1. The molecule has 1 aromatic carbocycles. The number of aryl methyl sites for hydroxylation is 1. The maximum Gasteiger partial charge on any atom is 0.255 e. The third-order valence-corrected chi connectivity index (χ3v) is 3.09. The standard InChI is InChI=1S/C14H15ClN2O2/c1-3-13-16-12(15)8-14(18)17(13)9-10-6-4-5-7-11(10)19-2/h4-8H,3,9H2,1-2H3. The van der Waals surface area contributed by atoms with Gasteiger partial charge in [-0.2, -0.15) is 0 Å². The van der Waals surface area contributed by atoms with Crippen LogP contribution in [-0.2, 0) is 13.0 Å². The van der Waals surface area contributed by atoms with Crippen molar-refractivity contribution in [3.05, 3.63) is 57.2 Å². The molecule has 0 aliphatic carbocycles. The second-order valence-electron chi connectivity index (χ2n) is 4.08. The molecule has 0 aliphatic heterocycles. The van der Waals surface area contributed by atoms with E-state index in [4.69, 9.17) is 16.3 Å². The SMILES string of the molecule is CCc1nc(Cl)cc(=O)n1Cc1ccccc1OC. The molecule has 5 heteroatoms. The fraction of sp³-hybridized carbons (Fsp3) is 0.286. The van der Waals surface area contributed by atoms with E-state index in [2.05, 4.69) is 4.98 Å². The Morgan fingerprint density at radius 2 is 2.11 bits per heavy atom. The van der Waals surface area contributed by atoms with Crippen LogP contribution in [0.2, 0.25) is 5.15 Å². The van der Waals surface area contributed by atoms with Crippen molar-refractivity contribution in [3.63, 3.8) is 0 Å². The summed E-state index contributed by atoms with van der Waals surface area (Å²) in [5.41, 5.74) is 0.786. The van der Waals surface area contributed by atoms with E-state index >= 15 is 0 Å². The highest BCUT2D eigenvalue weighted by molar-refractivity contribution is 6.29. The van der Waals surface area contributed by atoms with Gasteiger partial charge >= 0.3 is 0 Å². The zero-order valence-corrected chi connectivity index (χ0v) is 11.6. The molecule has 19 heavy (non-hydrogen) atoms. The molecule has 1 heterocycles. The normalized spacial score (nSPS) is 10.5. The molecule has 0 N–H and O–H groups in total. The van der Waals surface area contributed by atoms with E-state index < -0.39 is 0 Å². The smallest absolute Gasteiger partial charge is 0.255 e. The molecular weight excluding hydrogens is 264 g/mol. The Morgan fingerprint density at radius 3 is 2.79 bits per heavy atom. The minimum Gasteiger partial charge on any atom is -0.496 e. The summed E-state index contributed by atoms with van der Waals surface area (Å²) in [6.07, 6.45) is 0.644. The maximum absolute atomic E-state index is 12.0. The fourth-order valence-electron chi connectivity index (χ4n) is 1.97. The lowest BCUT2D eigenvalue weighted by Crippen LogP contribution is -2.25. The highest BCUT2D eigenvalue weighted by Crippen LogP contribution is 2.18. The van der Waals surface area contributed by atoms with E-state index in [1.54, 1.807) is 11.7 Å². The average Bonchev–Trinajstić information content (AvgIpc) is 2.42. The predicted octanol–water partition coefficient (Wildman–Crippen LogP) is 2.52. The number of aromatic nitrogens is 2. The van der Waals surface area contributed by atoms with Crippen LogP contribution in [0.25, 0.3) is 0 Å². The second kappa shape index (κ2) is 5.89. The monoisotopic (exact) mass is 278 g/mol. The molecule has 0 spiro atoms. The van der Waals surface area contributed by atoms with Crippen molar-refractivity contribution in [1.29, 1.82) is 0 Å². The molecule has 1 aromatic heterocycles. The number of ether oxygens (including phenoxy) is 1. The third kappa shape index (κ3) is 2.96. The van der Waals surface area contributed by atoms with Gasteiger partial charge in [-0.05, 0) is 6.07 Å². The van der Waals surface area contributed by atoms with Gasteiger partial charge in [0, 0.05) is 18.1 Å². The summed E-state index contributed by atoms with van der Waals surface area (Å²) in [4.78, 5) is 16.2. The fourth-order valence-corrected chi connectivity index (χ4v) is 2.16. The van der Waals surface area contributed by atoms with E-state index in [0.29, 0.717) is 18.8 Å². The van der Waals surface area contributed by atoms with Crippen LogP contribution < -0.4 is 10.3 Å². The summed E-state index contributed by atoms with van der Waals surface area (Å²) in [5.74, 6) is 1.43. The first-order valence-electron chi connectivity index (χ1n) is 6.04. The molecule has 0 saturated heterocycles. The number of hydrogen-bond acceptors (Lipinski definition) is 3. The highest BCUT2D eigenvalue weighted by atomic mass is 35.5. The van der Waals surface area contributed by atoms with E-state index in [1.165, 1.54) is 6.07 Å². The zero-order chi connectivity index (χ0) is 13.8. The van der Waals surface area contributed by atoms with Crippen LogP contribution >= 0.6 is 11.6 Å². The largest absolute Gasteiger partial charge is 0.496 e. The first-order chi connectivity index (χ1) is 9.15. The Morgan fingerprint density at radius 1 is 1.37 bits per heavy atom. The second-order valence-corrected chi connectivity index (χ2v) is 4.47. The van der Waals surface area contributed by atoms with Gasteiger partial charge < -0.3 is 4.74 Å². The molecule has 0 radical (unpaired) electrons. The van der Waals surface area contributed by atoms with Gasteiger partial charge in [-0.25, -0.2) is 4.98 Å². The summed E-state index contributed by atoms with van der Waals surface area (Å²) in [5, 5.41) is 0.234. The summed E-state index contributed by atoms with van der Waals surface area (Å²) < 4.78 is 6.91. The minimum atomic E-state index is -0.150. The van der Waals surface area contributed by atoms with Crippen molar-refractivity contribution in [3.8, 4) is 5.75 Å². The molecule has 2 rings (SSSR count). The Hall–Kier alpha value is -1.81. The molecule has 0 atom stereocenters. The number of rotatable bonds is 4. The van der Waals surface area contributed by atoms with Crippen LogP contribution in [0.1, 0.15) is 18.3 Å². The first-order valence-corrected chi connectivity index (χ1v) is 6.41. The van der Waals surface area contributed by atoms with E-state index in [9.17, 15) is 4.79 Å². The number of nitrogens with zero attached hydrogens (tertiary/aromatic N) is 2. The van der Waals surface area contributed by atoms with Gasteiger partial charge in [0.15, 0.2) is 0 Å². The number of methoxy groups -OCH3 is 1. The predicted molar refractivity (Wildman–Crippen MR) is 75.0 cm³/mol. The van der Waals surface area contributed by atoms with E-state index in [1.807, 2.05) is 31.2 Å². The van der Waals surface area contributed by atoms with Gasteiger partial charge in [0.2, 0.25) is 0 Å². The maximum atomic E-state index is 12.0. The summed E-state index contributed by atoms with van der Waals surface area (Å²) in [6.45, 7) is 2.37. The molecule has 2 aromatic rings. The van der Waals surface area contributed by atoms with Crippen molar-refractivity contribution in [2.75, 3.05) is 7.11 Å². The van der Waals surface area contributed by atoms with Crippen LogP contribution in [-0.4, -0.2) is 16.7 Å². The molecule has 4 nitrogen and oxygen atoms in total. The highest BCUT2D eigenvalue weighted by Gasteiger charge is 2.09. The Kier molecular flexibility index (Phi) is 4.22. The summed E-state index contributed by atoms with van der Waals surface area (Å²) in [7, 11) is 1.61. The van der Waals surface area contributed by atoms with Crippen LogP contribution in [0.4, 0.5) is 0 Å². The van der Waals surface area contributed by atoms with E-state index in [-0.39, 0.29) is 10.7 Å². The van der Waals surface area contributed by atoms with Crippen molar-refractivity contribution in [2.24, 2.45) is 0 Å². The lowest BCUT2D eigenvalue weighted by molar-refractivity contribution is 0.407. The van der Waals surface area contributed by atoms with Crippen molar-refractivity contribution in [1.82, 2.24) is 9.55 Å². The van der Waals surface area contributed by atoms with Gasteiger partial charge in [0.25, 0.3) is 5.56 Å². The number of halogens is 1. The molecular formula is C14H15ClN2O2. The molecule has 0 aliphatic rings. The van der Waals surface area contributed by atoms with E-state index in [0.717, 1.165) is 11.3 Å². The number of hydrogen-bond donors (Lipinski definition) is 0. The Balaban J connectivity index is 2.46. The first kappa shape index (κ1) is 13.6.